The van der Waals surface area contributed by atoms with Gasteiger partial charge in [-0.15, -0.1) is 0 Å². The molecule has 0 aliphatic rings. The van der Waals surface area contributed by atoms with Gasteiger partial charge < -0.3 is 20.1 Å². The average Bonchev–Trinajstić information content (AvgIpc) is 3.21. The van der Waals surface area contributed by atoms with E-state index in [1.54, 1.807) is 25.3 Å². The number of halogens is 2. The van der Waals surface area contributed by atoms with Crippen molar-refractivity contribution in [3.05, 3.63) is 77.1 Å². The van der Waals surface area contributed by atoms with Crippen LogP contribution in [-0.2, 0) is 4.79 Å². The Morgan fingerprint density at radius 1 is 1.12 bits per heavy atom. The molecule has 2 aromatic heterocycles. The number of fused-ring (bicyclic) bond motifs is 1. The maximum absolute atomic E-state index is 11.9. The normalized spacial score (nSPS) is 11.6. The Bertz CT molecular complexity index is 1350. The number of aromatic amines is 1. The Hall–Kier alpha value is -3.75. The third-order valence-electron chi connectivity index (χ3n) is 5.07. The zero-order valence-corrected chi connectivity index (χ0v) is 19.9. The van der Waals surface area contributed by atoms with Gasteiger partial charge in [0.15, 0.2) is 5.82 Å². The highest BCUT2D eigenvalue weighted by molar-refractivity contribution is 6.35. The van der Waals surface area contributed by atoms with Crippen LogP contribution in [0.15, 0.2) is 61.4 Å². The van der Waals surface area contributed by atoms with Crippen molar-refractivity contribution in [2.45, 2.75) is 13.0 Å². The zero-order chi connectivity index (χ0) is 24.2. The molecule has 0 saturated carbocycles. The van der Waals surface area contributed by atoms with Crippen molar-refractivity contribution in [3.8, 4) is 11.5 Å². The largest absolute Gasteiger partial charge is 0.497 e. The van der Waals surface area contributed by atoms with E-state index >= 15 is 0 Å². The van der Waals surface area contributed by atoms with Crippen molar-refractivity contribution in [1.82, 2.24) is 15.2 Å². The third-order valence-corrected chi connectivity index (χ3v) is 5.67. The molecule has 0 saturated heterocycles. The molecule has 0 unspecified atom stereocenters. The number of anilines is 3. The van der Waals surface area contributed by atoms with E-state index in [1.807, 2.05) is 25.1 Å². The predicted molar refractivity (Wildman–Crippen MR) is 134 cm³/mol. The SMILES string of the molecule is C=CC(=O)Nc1ccc(OC)cc1Nc1n[nH]c2ccc(O[C@H](C)c3c(Cl)cncc3Cl)cc12. The molecule has 1 amide bonds. The van der Waals surface area contributed by atoms with Gasteiger partial charge in [-0.1, -0.05) is 29.8 Å². The number of nitrogens with one attached hydrogen (secondary N) is 3. The van der Waals surface area contributed by atoms with E-state index in [0.29, 0.717) is 44.3 Å². The molecule has 1 atom stereocenters. The van der Waals surface area contributed by atoms with E-state index in [-0.39, 0.29) is 5.91 Å². The summed E-state index contributed by atoms with van der Waals surface area (Å²) in [5.41, 5.74) is 2.59. The summed E-state index contributed by atoms with van der Waals surface area (Å²) in [7, 11) is 1.57. The molecule has 0 spiro atoms. The molecule has 2 aromatic carbocycles. The molecule has 8 nitrogen and oxygen atoms in total. The average molecular weight is 498 g/mol. The van der Waals surface area contributed by atoms with Gasteiger partial charge in [-0.05, 0) is 43.3 Å². The Balaban J connectivity index is 1.65. The lowest BCUT2D eigenvalue weighted by Crippen LogP contribution is -2.09. The van der Waals surface area contributed by atoms with Crippen molar-refractivity contribution in [3.63, 3.8) is 0 Å². The summed E-state index contributed by atoms with van der Waals surface area (Å²) in [5.74, 6) is 1.41. The molecular formula is C24H21Cl2N5O3. The topological polar surface area (TPSA) is 101 Å². The number of rotatable bonds is 8. The minimum absolute atomic E-state index is 0.335. The highest BCUT2D eigenvalue weighted by atomic mass is 35.5. The highest BCUT2D eigenvalue weighted by Gasteiger charge is 2.17. The number of amides is 1. The first-order chi connectivity index (χ1) is 16.4. The van der Waals surface area contributed by atoms with Crippen molar-refractivity contribution in [1.29, 1.82) is 0 Å². The number of benzene rings is 2. The van der Waals surface area contributed by atoms with E-state index < -0.39 is 6.10 Å². The Morgan fingerprint density at radius 3 is 2.56 bits per heavy atom. The lowest BCUT2D eigenvalue weighted by Gasteiger charge is -2.17. The van der Waals surface area contributed by atoms with Crippen LogP contribution in [0, 0.1) is 0 Å². The van der Waals surface area contributed by atoms with Crippen LogP contribution in [0.4, 0.5) is 17.2 Å². The van der Waals surface area contributed by atoms with Gasteiger partial charge in [0, 0.05) is 29.4 Å². The molecule has 4 rings (SSSR count). The standard InChI is InChI=1S/C24H21Cl2N5O3/c1-4-22(32)28-20-8-5-14(33-3)10-21(20)29-24-16-9-15(6-7-19(16)30-31-24)34-13(2)23-17(25)11-27-12-18(23)26/h4-13H,1H2,2-3H3,(H,28,32)(H2,29,30,31)/t13-/m1/s1. The van der Waals surface area contributed by atoms with Crippen LogP contribution in [0.3, 0.4) is 0 Å². The van der Waals surface area contributed by atoms with Crippen LogP contribution in [0.5, 0.6) is 11.5 Å². The van der Waals surface area contributed by atoms with Crippen molar-refractivity contribution in [2.75, 3.05) is 17.7 Å². The number of nitrogens with zero attached hydrogens (tertiary/aromatic N) is 2. The van der Waals surface area contributed by atoms with Crippen molar-refractivity contribution >= 4 is 57.2 Å². The van der Waals surface area contributed by atoms with E-state index in [4.69, 9.17) is 32.7 Å². The summed E-state index contributed by atoms with van der Waals surface area (Å²) in [5, 5.41) is 15.0. The summed E-state index contributed by atoms with van der Waals surface area (Å²) in [6.07, 6.45) is 3.84. The van der Waals surface area contributed by atoms with E-state index in [1.165, 1.54) is 18.5 Å². The number of H-pyrrole nitrogens is 1. The molecular weight excluding hydrogens is 477 g/mol. The fraction of sp³-hybridized carbons (Fsp3) is 0.125. The van der Waals surface area contributed by atoms with Crippen LogP contribution in [0.1, 0.15) is 18.6 Å². The van der Waals surface area contributed by atoms with E-state index in [2.05, 4.69) is 32.4 Å². The lowest BCUT2D eigenvalue weighted by molar-refractivity contribution is -0.111. The minimum Gasteiger partial charge on any atom is -0.497 e. The van der Waals surface area contributed by atoms with E-state index in [9.17, 15) is 4.79 Å². The van der Waals surface area contributed by atoms with Gasteiger partial charge in [0.05, 0.1) is 34.0 Å². The number of hydrogen-bond donors (Lipinski definition) is 3. The summed E-state index contributed by atoms with van der Waals surface area (Å²) in [6.45, 7) is 5.35. The maximum atomic E-state index is 11.9. The van der Waals surface area contributed by atoms with E-state index in [0.717, 1.165) is 10.9 Å². The number of aromatic nitrogens is 3. The molecule has 10 heteroatoms. The van der Waals surface area contributed by atoms with Crippen LogP contribution in [0.25, 0.3) is 10.9 Å². The van der Waals surface area contributed by atoms with Gasteiger partial charge in [-0.25, -0.2) is 0 Å². The second-order valence-corrected chi connectivity index (χ2v) is 8.10. The Labute approximate surface area is 205 Å². The smallest absolute Gasteiger partial charge is 0.247 e. The maximum Gasteiger partial charge on any atom is 0.247 e. The Kier molecular flexibility index (Phi) is 6.90. The quantitative estimate of drug-likeness (QED) is 0.247. The number of hydrogen-bond acceptors (Lipinski definition) is 6. The number of pyridine rings is 1. The van der Waals surface area contributed by atoms with Crippen LogP contribution in [-0.4, -0.2) is 28.2 Å². The second-order valence-electron chi connectivity index (χ2n) is 7.29. The summed E-state index contributed by atoms with van der Waals surface area (Å²) >= 11 is 12.5. The predicted octanol–water partition coefficient (Wildman–Crippen LogP) is 6.28. The molecule has 0 fully saturated rings. The number of carbonyl (C=O) groups is 1. The van der Waals surface area contributed by atoms with Gasteiger partial charge in [0.25, 0.3) is 0 Å². The second kappa shape index (κ2) is 10.0. The number of ether oxygens (including phenoxy) is 2. The first-order valence-electron chi connectivity index (χ1n) is 10.2. The third kappa shape index (κ3) is 4.93. The van der Waals surface area contributed by atoms with Crippen LogP contribution < -0.4 is 20.1 Å². The lowest BCUT2D eigenvalue weighted by atomic mass is 10.1. The summed E-state index contributed by atoms with van der Waals surface area (Å²) in [6, 6.07) is 10.8. The molecule has 0 aliphatic carbocycles. The molecule has 0 bridgehead atoms. The van der Waals surface area contributed by atoms with Gasteiger partial charge in [-0.2, -0.15) is 5.10 Å². The van der Waals surface area contributed by atoms with Gasteiger partial charge in [0.1, 0.15) is 17.6 Å². The molecule has 4 aromatic rings. The molecule has 3 N–H and O–H groups in total. The molecule has 0 radical (unpaired) electrons. The van der Waals surface area contributed by atoms with Crippen molar-refractivity contribution < 1.29 is 14.3 Å². The fourth-order valence-corrected chi connectivity index (χ4v) is 4.08. The fourth-order valence-electron chi connectivity index (χ4n) is 3.41. The van der Waals surface area contributed by atoms with Gasteiger partial charge >= 0.3 is 0 Å². The highest BCUT2D eigenvalue weighted by Crippen LogP contribution is 2.36. The summed E-state index contributed by atoms with van der Waals surface area (Å²) in [4.78, 5) is 15.8. The molecule has 34 heavy (non-hydrogen) atoms. The Morgan fingerprint density at radius 2 is 1.85 bits per heavy atom. The monoisotopic (exact) mass is 497 g/mol. The number of carbonyl (C=O) groups excluding carboxylic acids is 1. The first kappa shape index (κ1) is 23.4. The van der Waals surface area contributed by atoms with Crippen LogP contribution >= 0.6 is 23.2 Å². The van der Waals surface area contributed by atoms with Gasteiger partial charge in [0.2, 0.25) is 5.91 Å². The van der Waals surface area contributed by atoms with Crippen molar-refractivity contribution in [2.24, 2.45) is 0 Å². The molecule has 2 heterocycles. The van der Waals surface area contributed by atoms with Gasteiger partial charge in [-0.3, -0.25) is 14.9 Å². The van der Waals surface area contributed by atoms with Crippen LogP contribution in [0.2, 0.25) is 10.0 Å². The summed E-state index contributed by atoms with van der Waals surface area (Å²) < 4.78 is 11.4. The number of methoxy groups -OCH3 is 1. The molecule has 0 aliphatic heterocycles. The molecule has 174 valence electrons. The minimum atomic E-state index is -0.414. The zero-order valence-electron chi connectivity index (χ0n) is 18.4. The first-order valence-corrected chi connectivity index (χ1v) is 11.0.